The molecule has 11 aromatic rings. The number of para-hydroxylation sites is 1. The molecule has 0 aromatic heterocycles. The molecule has 0 saturated carbocycles. The van der Waals surface area contributed by atoms with Crippen LogP contribution < -0.4 is 4.90 Å². The summed E-state index contributed by atoms with van der Waals surface area (Å²) in [6.07, 6.45) is 0. The first-order valence-electron chi connectivity index (χ1n) is 22.6. The van der Waals surface area contributed by atoms with Gasteiger partial charge in [0.05, 0.1) is 11.4 Å². The highest BCUT2D eigenvalue weighted by Crippen LogP contribution is 2.57. The van der Waals surface area contributed by atoms with Crippen LogP contribution >= 0.6 is 0 Å². The molecular weight excluding hydrogens is 783 g/mol. The third-order valence-corrected chi connectivity index (χ3v) is 13.8. The monoisotopic (exact) mass is 827 g/mol. The molecule has 0 fully saturated rings. The van der Waals surface area contributed by atoms with Crippen LogP contribution in [-0.4, -0.2) is 0 Å². The minimum absolute atomic E-state index is 0.326. The highest BCUT2D eigenvalue weighted by atomic mass is 15.1. The topological polar surface area (TPSA) is 3.24 Å². The molecule has 1 unspecified atom stereocenters. The third kappa shape index (κ3) is 6.47. The molecule has 0 N–H and O–H groups in total. The maximum absolute atomic E-state index is 2.49. The van der Waals surface area contributed by atoms with Gasteiger partial charge in [-0.25, -0.2) is 0 Å². The normalized spacial score (nSPS) is 14.0. The Morgan fingerprint density at radius 2 is 0.708 bits per heavy atom. The molecule has 0 heterocycles. The van der Waals surface area contributed by atoms with Crippen molar-refractivity contribution >= 4 is 38.6 Å². The second-order valence-corrected chi connectivity index (χ2v) is 17.3. The Bertz CT molecular complexity index is 3520. The summed E-state index contributed by atoms with van der Waals surface area (Å²) in [6, 6.07) is 93.5. The molecule has 65 heavy (non-hydrogen) atoms. The summed E-state index contributed by atoms with van der Waals surface area (Å²) < 4.78 is 0. The number of rotatable bonds is 8. The fourth-order valence-electron chi connectivity index (χ4n) is 10.5. The van der Waals surface area contributed by atoms with E-state index in [-0.39, 0.29) is 5.41 Å². The Kier molecular flexibility index (Phi) is 9.35. The Labute approximate surface area is 381 Å². The number of fused-ring (bicyclic) bond motifs is 5. The summed E-state index contributed by atoms with van der Waals surface area (Å²) in [7, 11) is 0. The van der Waals surface area contributed by atoms with Crippen molar-refractivity contribution in [1.82, 2.24) is 0 Å². The molecule has 1 atom stereocenters. The highest BCUT2D eigenvalue weighted by Gasteiger charge is 2.42. The molecule has 0 aliphatic heterocycles. The van der Waals surface area contributed by atoms with E-state index in [2.05, 4.69) is 267 Å². The van der Waals surface area contributed by atoms with E-state index in [0.29, 0.717) is 0 Å². The molecule has 1 aliphatic rings. The lowest BCUT2D eigenvalue weighted by Gasteiger charge is -2.31. The standard InChI is InChI=1S/C64H45N/c1-64(51-20-3-2-4-21-51)59-28-11-9-25-58(59)63-60(64)29-15-31-62(63)65(52-42-40-45(41-43-52)44-32-34-48(35-33-44)55-26-13-18-46-16-5-7-22-53(46)55)61-30-12-10-24-57(61)50-38-36-49(37-39-50)56-27-14-19-47-17-6-8-23-54(47)56/h2-43H,1H3. The Morgan fingerprint density at radius 3 is 1.34 bits per heavy atom. The van der Waals surface area contributed by atoms with Gasteiger partial charge in [0.15, 0.2) is 0 Å². The van der Waals surface area contributed by atoms with Gasteiger partial charge in [-0.05, 0) is 114 Å². The van der Waals surface area contributed by atoms with Crippen molar-refractivity contribution < 1.29 is 0 Å². The zero-order valence-corrected chi connectivity index (χ0v) is 36.2. The molecule has 12 rings (SSSR count). The van der Waals surface area contributed by atoms with Gasteiger partial charge in [-0.2, -0.15) is 0 Å². The minimum atomic E-state index is -0.326. The number of benzene rings is 11. The number of hydrogen-bond donors (Lipinski definition) is 0. The van der Waals surface area contributed by atoms with Crippen LogP contribution in [0.1, 0.15) is 23.6 Å². The lowest BCUT2D eigenvalue weighted by molar-refractivity contribution is 0.714. The highest BCUT2D eigenvalue weighted by molar-refractivity contribution is 6.01. The first-order chi connectivity index (χ1) is 32.1. The van der Waals surface area contributed by atoms with E-state index >= 15 is 0 Å². The quantitative estimate of drug-likeness (QED) is 0.147. The summed E-state index contributed by atoms with van der Waals surface area (Å²) in [5.41, 5.74) is 19.1. The van der Waals surface area contributed by atoms with Crippen molar-refractivity contribution in [2.45, 2.75) is 12.3 Å². The summed E-state index contributed by atoms with van der Waals surface area (Å²) in [6.45, 7) is 2.40. The molecule has 0 radical (unpaired) electrons. The smallest absolute Gasteiger partial charge is 0.0543 e. The van der Waals surface area contributed by atoms with Crippen molar-refractivity contribution in [1.29, 1.82) is 0 Å². The van der Waals surface area contributed by atoms with E-state index in [1.165, 1.54) is 93.9 Å². The molecule has 11 aromatic carbocycles. The maximum Gasteiger partial charge on any atom is 0.0543 e. The van der Waals surface area contributed by atoms with Crippen molar-refractivity contribution in [3.63, 3.8) is 0 Å². The molecule has 0 saturated heterocycles. The van der Waals surface area contributed by atoms with Crippen LogP contribution in [0.3, 0.4) is 0 Å². The summed E-state index contributed by atoms with van der Waals surface area (Å²) in [5.74, 6) is 0. The predicted molar refractivity (Wildman–Crippen MR) is 275 cm³/mol. The summed E-state index contributed by atoms with van der Waals surface area (Å²) in [5, 5.41) is 5.04. The van der Waals surface area contributed by atoms with Crippen LogP contribution in [0.15, 0.2) is 255 Å². The van der Waals surface area contributed by atoms with Crippen molar-refractivity contribution in [2.75, 3.05) is 4.90 Å². The van der Waals surface area contributed by atoms with Gasteiger partial charge in [0.1, 0.15) is 0 Å². The van der Waals surface area contributed by atoms with Crippen LogP contribution in [-0.2, 0) is 5.41 Å². The van der Waals surface area contributed by atoms with Crippen molar-refractivity contribution in [2.24, 2.45) is 0 Å². The molecule has 1 heteroatoms. The van der Waals surface area contributed by atoms with Crippen LogP contribution in [0.4, 0.5) is 17.1 Å². The van der Waals surface area contributed by atoms with Crippen molar-refractivity contribution in [3.05, 3.63) is 271 Å². The maximum atomic E-state index is 2.49. The summed E-state index contributed by atoms with van der Waals surface area (Å²) in [4.78, 5) is 2.49. The SMILES string of the molecule is CC1(c2ccccc2)c2ccccc2-c2c(N(c3ccc(-c4ccc(-c5cccc6ccccc56)cc4)cc3)c3ccccc3-c3ccc(-c4cccc5ccccc45)cc3)cccc21. The Morgan fingerprint density at radius 1 is 0.292 bits per heavy atom. The molecule has 0 amide bonds. The van der Waals surface area contributed by atoms with E-state index in [9.17, 15) is 0 Å². The summed E-state index contributed by atoms with van der Waals surface area (Å²) >= 11 is 0. The molecule has 0 spiro atoms. The number of nitrogens with zero attached hydrogens (tertiary/aromatic N) is 1. The first kappa shape index (κ1) is 38.4. The van der Waals surface area contributed by atoms with Crippen LogP contribution in [0.25, 0.3) is 77.2 Å². The molecule has 0 bridgehead atoms. The Hall–Kier alpha value is -8.26. The second kappa shape index (κ2) is 15.8. The van der Waals surface area contributed by atoms with Crippen LogP contribution in [0, 0.1) is 0 Å². The number of hydrogen-bond acceptors (Lipinski definition) is 1. The van der Waals surface area contributed by atoms with Gasteiger partial charge in [0.25, 0.3) is 0 Å². The van der Waals surface area contributed by atoms with Gasteiger partial charge < -0.3 is 4.90 Å². The van der Waals surface area contributed by atoms with E-state index in [1.807, 2.05) is 0 Å². The van der Waals surface area contributed by atoms with E-state index in [0.717, 1.165) is 17.1 Å². The molecule has 1 nitrogen and oxygen atoms in total. The average molecular weight is 828 g/mol. The van der Waals surface area contributed by atoms with E-state index in [4.69, 9.17) is 0 Å². The van der Waals surface area contributed by atoms with Gasteiger partial charge >= 0.3 is 0 Å². The van der Waals surface area contributed by atoms with Gasteiger partial charge in [0, 0.05) is 22.2 Å². The van der Waals surface area contributed by atoms with Gasteiger partial charge in [-0.3, -0.25) is 0 Å². The lowest BCUT2D eigenvalue weighted by atomic mass is 9.74. The minimum Gasteiger partial charge on any atom is -0.309 e. The molecule has 1 aliphatic carbocycles. The first-order valence-corrected chi connectivity index (χ1v) is 22.6. The fourth-order valence-corrected chi connectivity index (χ4v) is 10.5. The average Bonchev–Trinajstić information content (AvgIpc) is 3.65. The predicted octanol–water partition coefficient (Wildman–Crippen LogP) is 17.5. The van der Waals surface area contributed by atoms with Crippen molar-refractivity contribution in [3.8, 4) is 55.6 Å². The van der Waals surface area contributed by atoms with Crippen LogP contribution in [0.5, 0.6) is 0 Å². The van der Waals surface area contributed by atoms with Crippen LogP contribution in [0.2, 0.25) is 0 Å². The number of anilines is 3. The van der Waals surface area contributed by atoms with E-state index in [1.54, 1.807) is 0 Å². The van der Waals surface area contributed by atoms with Gasteiger partial charge in [-0.15, -0.1) is 0 Å². The van der Waals surface area contributed by atoms with E-state index < -0.39 is 0 Å². The zero-order valence-electron chi connectivity index (χ0n) is 36.2. The van der Waals surface area contributed by atoms with Gasteiger partial charge in [0.2, 0.25) is 0 Å². The Balaban J connectivity index is 0.996. The molecule has 306 valence electrons. The lowest BCUT2D eigenvalue weighted by Crippen LogP contribution is -2.22. The second-order valence-electron chi connectivity index (χ2n) is 17.3. The third-order valence-electron chi connectivity index (χ3n) is 13.8. The van der Waals surface area contributed by atoms with Gasteiger partial charge in [-0.1, -0.05) is 231 Å². The zero-order chi connectivity index (χ0) is 43.3. The molecular formula is C64H45N. The largest absolute Gasteiger partial charge is 0.309 e. The fraction of sp³-hybridized carbons (Fsp3) is 0.0312.